The van der Waals surface area contributed by atoms with Crippen LogP contribution in [0.1, 0.15) is 13.8 Å². The van der Waals surface area contributed by atoms with Crippen LogP contribution in [-0.2, 0) is 24.3 Å². The number of amidine groups is 1. The molecule has 0 aromatic carbocycles. The molecule has 0 fully saturated rings. The molecule has 0 aromatic rings. The molecule has 1 rings (SSSR count). The van der Waals surface area contributed by atoms with Crippen LogP contribution in [0.3, 0.4) is 0 Å². The van der Waals surface area contributed by atoms with Crippen molar-refractivity contribution in [2.24, 2.45) is 10.9 Å². The maximum absolute atomic E-state index is 10.5. The van der Waals surface area contributed by atoms with Gasteiger partial charge in [0.2, 0.25) is 0 Å². The summed E-state index contributed by atoms with van der Waals surface area (Å²) < 4.78 is 0. The summed E-state index contributed by atoms with van der Waals surface area (Å²) in [5.41, 5.74) is 0. The van der Waals surface area contributed by atoms with Crippen molar-refractivity contribution >= 4 is 11.7 Å². The summed E-state index contributed by atoms with van der Waals surface area (Å²) in [4.78, 5) is 14.4. The van der Waals surface area contributed by atoms with E-state index >= 15 is 0 Å². The summed E-state index contributed by atoms with van der Waals surface area (Å²) in [6, 6.07) is 0. The predicted molar refractivity (Wildman–Crippen MR) is 35.5 cm³/mol. The maximum Gasteiger partial charge on any atom is 2.00 e. The Morgan fingerprint density at radius 3 is 2.40 bits per heavy atom. The first kappa shape index (κ1) is 9.76. The van der Waals surface area contributed by atoms with E-state index in [4.69, 9.17) is 0 Å². The molecule has 0 bridgehead atoms. The topological polar surface area (TPSA) is 43.5 Å². The minimum atomic E-state index is -0.112. The molecule has 3 nitrogen and oxygen atoms in total. The molecule has 1 radical (unpaired) electrons. The minimum absolute atomic E-state index is 0. The van der Waals surface area contributed by atoms with Gasteiger partial charge in [0.1, 0.15) is 5.91 Å². The van der Waals surface area contributed by atoms with E-state index in [0.717, 1.165) is 0 Å². The molecule has 0 N–H and O–H groups in total. The minimum Gasteiger partial charge on any atom is -0.461 e. The molecule has 4 heteroatoms. The third kappa shape index (κ3) is 2.18. The van der Waals surface area contributed by atoms with Crippen molar-refractivity contribution in [2.75, 3.05) is 6.54 Å². The molecular formula is C6H9N2ORh+. The van der Waals surface area contributed by atoms with Crippen LogP contribution in [0.5, 0.6) is 0 Å². The van der Waals surface area contributed by atoms with Crippen molar-refractivity contribution in [2.45, 2.75) is 13.8 Å². The molecular weight excluding hydrogens is 219 g/mol. The molecule has 10 heavy (non-hydrogen) atoms. The number of rotatable bonds is 1. The van der Waals surface area contributed by atoms with Crippen LogP contribution in [-0.4, -0.2) is 18.3 Å². The Morgan fingerprint density at radius 1 is 1.60 bits per heavy atom. The Balaban J connectivity index is 0.000000810. The van der Waals surface area contributed by atoms with Gasteiger partial charge in [0.05, 0.1) is 0 Å². The van der Waals surface area contributed by atoms with Crippen LogP contribution < -0.4 is 0 Å². The number of aliphatic imine (C=N–C) groups is 1. The van der Waals surface area contributed by atoms with Gasteiger partial charge in [0.15, 0.2) is 0 Å². The van der Waals surface area contributed by atoms with Gasteiger partial charge < -0.3 is 10.3 Å². The second-order valence-electron chi connectivity index (χ2n) is 2.33. The van der Waals surface area contributed by atoms with E-state index in [1.807, 2.05) is 13.8 Å². The van der Waals surface area contributed by atoms with E-state index < -0.39 is 0 Å². The SMILES string of the molecule is CC(C)C1=NCC(=O)[N-]1.[Rh+2]. The van der Waals surface area contributed by atoms with Crippen LogP contribution in [0.25, 0.3) is 5.32 Å². The number of amides is 1. The average molecular weight is 228 g/mol. The van der Waals surface area contributed by atoms with Gasteiger partial charge in [-0.25, -0.2) is 0 Å². The number of carbonyl (C=O) groups is 1. The Bertz CT molecular complexity index is 165. The molecule has 1 aliphatic rings. The number of hydrogen-bond acceptors (Lipinski definition) is 2. The van der Waals surface area contributed by atoms with Crippen molar-refractivity contribution in [1.29, 1.82) is 0 Å². The Kier molecular flexibility index (Phi) is 3.73. The quantitative estimate of drug-likeness (QED) is 0.616. The second kappa shape index (κ2) is 3.82. The fourth-order valence-corrected chi connectivity index (χ4v) is 0.659. The van der Waals surface area contributed by atoms with Crippen molar-refractivity contribution in [3.8, 4) is 0 Å². The Hall–Kier alpha value is -0.237. The fourth-order valence-electron chi connectivity index (χ4n) is 0.659. The van der Waals surface area contributed by atoms with Crippen LogP contribution in [0.15, 0.2) is 4.99 Å². The Labute approximate surface area is 73.0 Å². The normalized spacial score (nSPS) is 16.3. The van der Waals surface area contributed by atoms with Gasteiger partial charge in [-0.05, 0) is 5.92 Å². The largest absolute Gasteiger partial charge is 2.00 e. The summed E-state index contributed by atoms with van der Waals surface area (Å²) in [5.74, 6) is 0.871. The summed E-state index contributed by atoms with van der Waals surface area (Å²) in [7, 11) is 0. The van der Waals surface area contributed by atoms with Crippen molar-refractivity contribution in [3.63, 3.8) is 0 Å². The molecule has 57 valence electrons. The fraction of sp³-hybridized carbons (Fsp3) is 0.667. The Morgan fingerprint density at radius 2 is 2.20 bits per heavy atom. The molecule has 0 spiro atoms. The molecule has 0 unspecified atom stereocenters. The molecule has 1 heterocycles. The second-order valence-corrected chi connectivity index (χ2v) is 2.33. The van der Waals surface area contributed by atoms with Crippen LogP contribution in [0.2, 0.25) is 0 Å². The molecule has 1 amide bonds. The van der Waals surface area contributed by atoms with Gasteiger partial charge in [-0.1, -0.05) is 19.7 Å². The van der Waals surface area contributed by atoms with E-state index in [0.29, 0.717) is 5.84 Å². The van der Waals surface area contributed by atoms with Gasteiger partial charge in [0.25, 0.3) is 0 Å². The van der Waals surface area contributed by atoms with Crippen molar-refractivity contribution in [3.05, 3.63) is 5.32 Å². The summed E-state index contributed by atoms with van der Waals surface area (Å²) in [6.07, 6.45) is 0. The molecule has 0 aliphatic carbocycles. The van der Waals surface area contributed by atoms with Crippen LogP contribution >= 0.6 is 0 Å². The summed E-state index contributed by atoms with van der Waals surface area (Å²) >= 11 is 0. The van der Waals surface area contributed by atoms with Gasteiger partial charge in [-0.3, -0.25) is 4.79 Å². The number of carbonyl (C=O) groups excluding carboxylic acids is 1. The standard InChI is InChI=1S/C6H10N2O.Rh/c1-4(2)6-7-3-5(9)8-6;/h4H,3H2,1-2H3,(H,7,8,9);/q;+2/p-1. The van der Waals surface area contributed by atoms with E-state index in [1.54, 1.807) is 0 Å². The van der Waals surface area contributed by atoms with Gasteiger partial charge >= 0.3 is 19.5 Å². The average Bonchev–Trinajstić information content (AvgIpc) is 2.14. The van der Waals surface area contributed by atoms with E-state index in [1.165, 1.54) is 0 Å². The smallest absolute Gasteiger partial charge is 0.461 e. The predicted octanol–water partition coefficient (Wildman–Crippen LogP) is 0.952. The molecule has 0 saturated carbocycles. The monoisotopic (exact) mass is 228 g/mol. The number of hydrogen-bond donors (Lipinski definition) is 0. The van der Waals surface area contributed by atoms with Crippen LogP contribution in [0, 0.1) is 5.92 Å². The van der Waals surface area contributed by atoms with Gasteiger partial charge in [0, 0.05) is 6.54 Å². The summed E-state index contributed by atoms with van der Waals surface area (Å²) in [6.45, 7) is 4.20. The molecule has 0 saturated heterocycles. The third-order valence-electron chi connectivity index (χ3n) is 1.13. The molecule has 0 aromatic heterocycles. The zero-order valence-electron chi connectivity index (χ0n) is 5.92. The van der Waals surface area contributed by atoms with E-state index in [2.05, 4.69) is 10.3 Å². The zero-order valence-corrected chi connectivity index (χ0v) is 7.56. The van der Waals surface area contributed by atoms with Gasteiger partial charge in [-0.2, -0.15) is 0 Å². The zero-order chi connectivity index (χ0) is 6.85. The first-order valence-corrected chi connectivity index (χ1v) is 2.99. The van der Waals surface area contributed by atoms with E-state index in [9.17, 15) is 4.79 Å². The van der Waals surface area contributed by atoms with Gasteiger partial charge in [-0.15, -0.1) is 0 Å². The van der Waals surface area contributed by atoms with E-state index in [-0.39, 0.29) is 37.8 Å². The summed E-state index contributed by atoms with van der Waals surface area (Å²) in [5, 5.41) is 3.70. The third-order valence-corrected chi connectivity index (χ3v) is 1.13. The molecule has 0 atom stereocenters. The first-order valence-electron chi connectivity index (χ1n) is 2.99. The van der Waals surface area contributed by atoms with Crippen molar-refractivity contribution < 1.29 is 24.3 Å². The van der Waals surface area contributed by atoms with Crippen LogP contribution in [0.4, 0.5) is 0 Å². The molecule has 1 aliphatic heterocycles. The van der Waals surface area contributed by atoms with Crippen molar-refractivity contribution in [1.82, 2.24) is 0 Å². The number of nitrogens with zero attached hydrogens (tertiary/aromatic N) is 2. The maximum atomic E-state index is 10.5. The first-order chi connectivity index (χ1) is 4.20.